The van der Waals surface area contributed by atoms with E-state index in [-0.39, 0.29) is 5.70 Å². The van der Waals surface area contributed by atoms with Crippen molar-refractivity contribution in [3.05, 3.63) is 81.7 Å². The first-order valence-corrected chi connectivity index (χ1v) is 10.2. The Hall–Kier alpha value is -3.22. The Bertz CT molecular complexity index is 1120. The van der Waals surface area contributed by atoms with Crippen LogP contribution in [0.2, 0.25) is 10.0 Å². The average Bonchev–Trinajstić information content (AvgIpc) is 3.24. The van der Waals surface area contributed by atoms with Gasteiger partial charge in [-0.2, -0.15) is 0 Å². The summed E-state index contributed by atoms with van der Waals surface area (Å²) >= 11 is 12.0. The number of ether oxygens (including phenoxy) is 1. The fourth-order valence-electron chi connectivity index (χ4n) is 2.73. The van der Waals surface area contributed by atoms with Crippen molar-refractivity contribution in [3.63, 3.8) is 0 Å². The Morgan fingerprint density at radius 1 is 1.03 bits per heavy atom. The van der Waals surface area contributed by atoms with E-state index in [0.717, 1.165) is 5.56 Å². The zero-order valence-electron chi connectivity index (χ0n) is 16.9. The standard InChI is InChI=1S/C23H20Cl2N2O4/c1-3-26-23(29)20(27-22(28)14-4-7-16(30-2)8-5-14)13-17-9-11-21(31-17)15-6-10-18(24)19(25)12-15/h4-13H,3H2,1-2H3,(H,26,29)(H,27,28). The van der Waals surface area contributed by atoms with E-state index < -0.39 is 11.8 Å². The monoisotopic (exact) mass is 458 g/mol. The number of carbonyl (C=O) groups is 2. The second kappa shape index (κ2) is 10.2. The van der Waals surface area contributed by atoms with Crippen LogP contribution in [-0.2, 0) is 4.79 Å². The average molecular weight is 459 g/mol. The van der Waals surface area contributed by atoms with Crippen LogP contribution in [0, 0.1) is 0 Å². The highest BCUT2D eigenvalue weighted by Crippen LogP contribution is 2.30. The van der Waals surface area contributed by atoms with Gasteiger partial charge in [0, 0.05) is 23.7 Å². The Morgan fingerprint density at radius 2 is 1.77 bits per heavy atom. The van der Waals surface area contributed by atoms with Crippen molar-refractivity contribution >= 4 is 41.1 Å². The number of methoxy groups -OCH3 is 1. The molecular weight excluding hydrogens is 439 g/mol. The fourth-order valence-corrected chi connectivity index (χ4v) is 3.03. The minimum Gasteiger partial charge on any atom is -0.497 e. The SMILES string of the molecule is CCNC(=O)C(=Cc1ccc(-c2ccc(Cl)c(Cl)c2)o1)NC(=O)c1ccc(OC)cc1. The van der Waals surface area contributed by atoms with E-state index in [4.69, 9.17) is 32.4 Å². The lowest BCUT2D eigenvalue weighted by Crippen LogP contribution is -2.34. The van der Waals surface area contributed by atoms with Crippen molar-refractivity contribution in [2.75, 3.05) is 13.7 Å². The first-order valence-electron chi connectivity index (χ1n) is 9.41. The van der Waals surface area contributed by atoms with Crippen LogP contribution in [0.25, 0.3) is 17.4 Å². The molecule has 0 atom stereocenters. The number of furan rings is 1. The van der Waals surface area contributed by atoms with Crippen molar-refractivity contribution in [2.45, 2.75) is 6.92 Å². The Kier molecular flexibility index (Phi) is 7.39. The predicted molar refractivity (Wildman–Crippen MR) is 121 cm³/mol. The molecule has 3 rings (SSSR count). The largest absolute Gasteiger partial charge is 0.497 e. The smallest absolute Gasteiger partial charge is 0.267 e. The lowest BCUT2D eigenvalue weighted by atomic mass is 10.2. The lowest BCUT2D eigenvalue weighted by Gasteiger charge is -2.10. The van der Waals surface area contributed by atoms with Crippen LogP contribution in [0.3, 0.4) is 0 Å². The molecule has 0 saturated heterocycles. The van der Waals surface area contributed by atoms with Crippen molar-refractivity contribution in [1.29, 1.82) is 0 Å². The van der Waals surface area contributed by atoms with Crippen molar-refractivity contribution in [2.24, 2.45) is 0 Å². The molecule has 6 nitrogen and oxygen atoms in total. The normalized spacial score (nSPS) is 11.2. The number of hydrogen-bond acceptors (Lipinski definition) is 4. The maximum Gasteiger partial charge on any atom is 0.267 e. The Labute approximate surface area is 189 Å². The molecule has 2 aromatic carbocycles. The molecule has 0 saturated carbocycles. The number of nitrogens with one attached hydrogen (secondary N) is 2. The van der Waals surface area contributed by atoms with Gasteiger partial charge in [0.1, 0.15) is 23.0 Å². The number of carbonyl (C=O) groups excluding carboxylic acids is 2. The van der Waals surface area contributed by atoms with E-state index in [2.05, 4.69) is 10.6 Å². The van der Waals surface area contributed by atoms with E-state index >= 15 is 0 Å². The van der Waals surface area contributed by atoms with E-state index in [0.29, 0.717) is 39.4 Å². The van der Waals surface area contributed by atoms with Gasteiger partial charge in [0.2, 0.25) is 0 Å². The molecule has 0 spiro atoms. The molecule has 31 heavy (non-hydrogen) atoms. The molecule has 0 bridgehead atoms. The predicted octanol–water partition coefficient (Wildman–Crippen LogP) is 5.17. The molecule has 0 aliphatic rings. The molecule has 0 fully saturated rings. The first-order chi connectivity index (χ1) is 14.9. The molecule has 0 aliphatic heterocycles. The third-order valence-electron chi connectivity index (χ3n) is 4.30. The van der Waals surface area contributed by atoms with Gasteiger partial charge < -0.3 is 19.8 Å². The highest BCUT2D eigenvalue weighted by molar-refractivity contribution is 6.42. The Morgan fingerprint density at radius 3 is 2.42 bits per heavy atom. The van der Waals surface area contributed by atoms with Crippen molar-refractivity contribution in [3.8, 4) is 17.1 Å². The molecular formula is C23H20Cl2N2O4. The molecule has 1 heterocycles. The van der Waals surface area contributed by atoms with Crippen LogP contribution in [0.1, 0.15) is 23.0 Å². The highest BCUT2D eigenvalue weighted by Gasteiger charge is 2.15. The second-order valence-corrected chi connectivity index (χ2v) is 7.25. The number of amides is 2. The van der Waals surface area contributed by atoms with Crippen LogP contribution in [0.5, 0.6) is 5.75 Å². The third-order valence-corrected chi connectivity index (χ3v) is 5.04. The quantitative estimate of drug-likeness (QED) is 0.478. The third kappa shape index (κ3) is 5.69. The van der Waals surface area contributed by atoms with Gasteiger partial charge in [-0.3, -0.25) is 9.59 Å². The summed E-state index contributed by atoms with van der Waals surface area (Å²) < 4.78 is 10.9. The summed E-state index contributed by atoms with van der Waals surface area (Å²) in [6.07, 6.45) is 1.47. The van der Waals surface area contributed by atoms with E-state index in [1.807, 2.05) is 0 Å². The number of hydrogen-bond donors (Lipinski definition) is 2. The van der Waals surface area contributed by atoms with Gasteiger partial charge in [-0.25, -0.2) is 0 Å². The minimum absolute atomic E-state index is 0.0534. The van der Waals surface area contributed by atoms with Gasteiger partial charge >= 0.3 is 0 Å². The van der Waals surface area contributed by atoms with Gasteiger partial charge in [-0.05, 0) is 61.5 Å². The van der Waals surface area contributed by atoms with E-state index in [9.17, 15) is 9.59 Å². The second-order valence-electron chi connectivity index (χ2n) is 6.43. The molecule has 0 aliphatic carbocycles. The van der Waals surface area contributed by atoms with Crippen LogP contribution in [0.15, 0.2) is 64.7 Å². The van der Waals surface area contributed by atoms with Crippen LogP contribution in [0.4, 0.5) is 0 Å². The maximum atomic E-state index is 12.6. The molecule has 0 radical (unpaired) electrons. The molecule has 1 aromatic heterocycles. The number of rotatable bonds is 7. The summed E-state index contributed by atoms with van der Waals surface area (Å²) in [6.45, 7) is 2.19. The molecule has 3 aromatic rings. The summed E-state index contributed by atoms with van der Waals surface area (Å²) in [4.78, 5) is 25.1. The van der Waals surface area contributed by atoms with Gasteiger partial charge in [-0.15, -0.1) is 0 Å². The minimum atomic E-state index is -0.434. The Balaban J connectivity index is 1.86. The van der Waals surface area contributed by atoms with Crippen LogP contribution in [-0.4, -0.2) is 25.5 Å². The van der Waals surface area contributed by atoms with Crippen LogP contribution >= 0.6 is 23.2 Å². The number of halogens is 2. The summed E-state index contributed by atoms with van der Waals surface area (Å²) in [5.41, 5.74) is 1.17. The molecule has 8 heteroatoms. The number of likely N-dealkylation sites (N-methyl/N-ethyl adjacent to an activating group) is 1. The topological polar surface area (TPSA) is 80.6 Å². The van der Waals surface area contributed by atoms with Gasteiger partial charge in [0.25, 0.3) is 11.8 Å². The molecule has 2 amide bonds. The van der Waals surface area contributed by atoms with Crippen molar-refractivity contribution in [1.82, 2.24) is 10.6 Å². The lowest BCUT2D eigenvalue weighted by molar-refractivity contribution is -0.117. The van der Waals surface area contributed by atoms with Crippen LogP contribution < -0.4 is 15.4 Å². The zero-order chi connectivity index (χ0) is 22.4. The summed E-state index contributed by atoms with van der Waals surface area (Å²) in [6, 6.07) is 15.1. The summed E-state index contributed by atoms with van der Waals surface area (Å²) in [7, 11) is 1.54. The fraction of sp³-hybridized carbons (Fsp3) is 0.130. The molecule has 0 unspecified atom stereocenters. The maximum absolute atomic E-state index is 12.6. The molecule has 2 N–H and O–H groups in total. The zero-order valence-corrected chi connectivity index (χ0v) is 18.4. The summed E-state index contributed by atoms with van der Waals surface area (Å²) in [5, 5.41) is 6.16. The van der Waals surface area contributed by atoms with E-state index in [1.54, 1.807) is 68.6 Å². The first kappa shape index (κ1) is 22.5. The number of benzene rings is 2. The molecule has 160 valence electrons. The van der Waals surface area contributed by atoms with Crippen molar-refractivity contribution < 1.29 is 18.7 Å². The van der Waals surface area contributed by atoms with Gasteiger partial charge in [0.15, 0.2) is 0 Å². The van der Waals surface area contributed by atoms with Gasteiger partial charge in [-0.1, -0.05) is 23.2 Å². The van der Waals surface area contributed by atoms with Gasteiger partial charge in [0.05, 0.1) is 17.2 Å². The summed E-state index contributed by atoms with van der Waals surface area (Å²) in [5.74, 6) is 0.689. The highest BCUT2D eigenvalue weighted by atomic mass is 35.5. The van der Waals surface area contributed by atoms with E-state index in [1.165, 1.54) is 6.08 Å².